The number of nitrogens with one attached hydrogen (secondary N) is 2. The number of rotatable bonds is 9. The van der Waals surface area contributed by atoms with Gasteiger partial charge in [0, 0.05) is 0 Å². The molecule has 0 bridgehead atoms. The fourth-order valence-corrected chi connectivity index (χ4v) is 10.2. The first kappa shape index (κ1) is 25.4. The average molecular weight is 612 g/mol. The molecule has 36 heavy (non-hydrogen) atoms. The number of nitrogens with zero attached hydrogens (tertiary/aromatic N) is 2. The van der Waals surface area contributed by atoms with E-state index in [4.69, 9.17) is 9.47 Å². The fraction of sp³-hybridized carbons (Fsp3) is 0.0769. The van der Waals surface area contributed by atoms with Crippen LogP contribution < -0.4 is 29.0 Å². The molecule has 4 aromatic rings. The minimum absolute atomic E-state index is 0.148. The molecule has 0 aliphatic rings. The standard InChI is InChI=1S/C26H22N4O4Se2/c1-33-17-9-11-19(25(31)29-23-7-3-5-13-27-23)21(15-17)35-36-22-16-18(34-2)10-12-20(22)26(32)30-24-8-4-6-14-28-24/h3-16H,1-2H3,(H,27,29,31)(H,28,30,32). The van der Waals surface area contributed by atoms with Crippen molar-refractivity contribution in [3.8, 4) is 11.5 Å². The predicted molar refractivity (Wildman–Crippen MR) is 141 cm³/mol. The number of carbonyl (C=O) groups is 2. The zero-order chi connectivity index (χ0) is 25.3. The Hall–Kier alpha value is -3.68. The summed E-state index contributed by atoms with van der Waals surface area (Å²) < 4.78 is 12.6. The van der Waals surface area contributed by atoms with E-state index in [0.29, 0.717) is 34.3 Å². The van der Waals surface area contributed by atoms with Gasteiger partial charge in [-0.05, 0) is 0 Å². The summed E-state index contributed by atoms with van der Waals surface area (Å²) in [5.41, 5.74) is 1.09. The van der Waals surface area contributed by atoms with Gasteiger partial charge in [0.2, 0.25) is 0 Å². The number of amides is 2. The molecule has 0 aliphatic heterocycles. The van der Waals surface area contributed by atoms with Crippen molar-refractivity contribution in [1.82, 2.24) is 9.97 Å². The predicted octanol–water partition coefficient (Wildman–Crippen LogP) is 2.27. The van der Waals surface area contributed by atoms with Crippen LogP contribution in [0.4, 0.5) is 11.6 Å². The molecule has 0 saturated carbocycles. The molecule has 0 fully saturated rings. The van der Waals surface area contributed by atoms with Gasteiger partial charge in [-0.15, -0.1) is 0 Å². The van der Waals surface area contributed by atoms with Crippen molar-refractivity contribution in [3.05, 3.63) is 96.3 Å². The van der Waals surface area contributed by atoms with Crippen LogP contribution in [0.5, 0.6) is 11.5 Å². The summed E-state index contributed by atoms with van der Waals surface area (Å²) in [6, 6.07) is 21.5. The molecule has 2 N–H and O–H groups in total. The molecule has 0 aliphatic carbocycles. The zero-order valence-corrected chi connectivity index (χ0v) is 22.9. The number of carbonyl (C=O) groups excluding carboxylic acids is 2. The number of hydrogen-bond donors (Lipinski definition) is 2. The van der Waals surface area contributed by atoms with Crippen LogP contribution in [0.25, 0.3) is 0 Å². The van der Waals surface area contributed by atoms with Gasteiger partial charge in [0.1, 0.15) is 0 Å². The summed E-state index contributed by atoms with van der Waals surface area (Å²) in [6.45, 7) is 0. The molecule has 8 nitrogen and oxygen atoms in total. The Balaban J connectivity index is 1.59. The average Bonchev–Trinajstić information content (AvgIpc) is 2.92. The summed E-state index contributed by atoms with van der Waals surface area (Å²) in [7, 11) is 3.18. The Morgan fingerprint density at radius 3 is 1.47 bits per heavy atom. The second-order valence-corrected chi connectivity index (χ2v) is 13.4. The van der Waals surface area contributed by atoms with E-state index >= 15 is 0 Å². The van der Waals surface area contributed by atoms with Crippen LogP contribution >= 0.6 is 0 Å². The van der Waals surface area contributed by atoms with Crippen molar-refractivity contribution in [2.75, 3.05) is 24.9 Å². The molecule has 4 rings (SSSR count). The first-order valence-corrected chi connectivity index (χ1v) is 16.8. The quantitative estimate of drug-likeness (QED) is 0.282. The van der Waals surface area contributed by atoms with E-state index < -0.39 is 0 Å². The maximum atomic E-state index is 13.1. The van der Waals surface area contributed by atoms with Crippen molar-refractivity contribution in [1.29, 1.82) is 0 Å². The number of benzene rings is 2. The van der Waals surface area contributed by atoms with E-state index in [9.17, 15) is 9.59 Å². The van der Waals surface area contributed by atoms with Gasteiger partial charge in [-0.1, -0.05) is 0 Å². The van der Waals surface area contributed by atoms with Gasteiger partial charge in [-0.25, -0.2) is 0 Å². The molecule has 0 unspecified atom stereocenters. The van der Waals surface area contributed by atoms with Gasteiger partial charge in [0.15, 0.2) is 0 Å². The maximum absolute atomic E-state index is 13.1. The van der Waals surface area contributed by atoms with Crippen molar-refractivity contribution in [3.63, 3.8) is 0 Å². The van der Waals surface area contributed by atoms with Crippen LogP contribution in [0, 0.1) is 0 Å². The van der Waals surface area contributed by atoms with Gasteiger partial charge >= 0.3 is 220 Å². The van der Waals surface area contributed by atoms with Crippen molar-refractivity contribution in [2.24, 2.45) is 0 Å². The van der Waals surface area contributed by atoms with E-state index in [0.717, 1.165) is 8.92 Å². The molecule has 0 atom stereocenters. The summed E-state index contributed by atoms with van der Waals surface area (Å²) in [5, 5.41) is 5.69. The molecule has 2 aromatic heterocycles. The third-order valence-electron chi connectivity index (χ3n) is 4.90. The van der Waals surface area contributed by atoms with Crippen LogP contribution in [-0.4, -0.2) is 62.3 Å². The van der Waals surface area contributed by atoms with Gasteiger partial charge in [0.25, 0.3) is 0 Å². The van der Waals surface area contributed by atoms with E-state index in [1.54, 1.807) is 75.1 Å². The van der Waals surface area contributed by atoms with Crippen molar-refractivity contribution >= 4 is 58.6 Å². The second-order valence-electron chi connectivity index (χ2n) is 7.23. The minimum atomic E-state index is -0.247. The SMILES string of the molecule is COc1ccc(C(=O)Nc2ccccn2)c([Se][Se]c2cc(OC)ccc2C(=O)Nc2ccccn2)c1. The van der Waals surface area contributed by atoms with E-state index in [1.807, 2.05) is 24.3 Å². The molecule has 0 saturated heterocycles. The fourth-order valence-electron chi connectivity index (χ4n) is 3.10. The zero-order valence-electron chi connectivity index (χ0n) is 19.4. The second kappa shape index (κ2) is 12.3. The van der Waals surface area contributed by atoms with Crippen LogP contribution in [0.1, 0.15) is 20.7 Å². The molecular weight excluding hydrogens is 590 g/mol. The van der Waals surface area contributed by atoms with Gasteiger partial charge in [-0.3, -0.25) is 0 Å². The first-order valence-electron chi connectivity index (χ1n) is 10.7. The van der Waals surface area contributed by atoms with Crippen LogP contribution in [0.2, 0.25) is 0 Å². The van der Waals surface area contributed by atoms with Gasteiger partial charge in [0.05, 0.1) is 0 Å². The number of ether oxygens (including phenoxy) is 2. The Bertz CT molecular complexity index is 1250. The van der Waals surface area contributed by atoms with Crippen LogP contribution in [-0.2, 0) is 0 Å². The van der Waals surface area contributed by atoms with Gasteiger partial charge in [-0.2, -0.15) is 0 Å². The number of pyridine rings is 2. The molecule has 10 heteroatoms. The first-order chi connectivity index (χ1) is 17.6. The molecule has 0 spiro atoms. The Morgan fingerprint density at radius 1 is 0.667 bits per heavy atom. The van der Waals surface area contributed by atoms with Crippen LogP contribution in [0.15, 0.2) is 85.2 Å². The van der Waals surface area contributed by atoms with Gasteiger partial charge < -0.3 is 0 Å². The Kier molecular flexibility index (Phi) is 8.70. The molecule has 2 heterocycles. The van der Waals surface area contributed by atoms with E-state index in [1.165, 1.54) is 0 Å². The summed E-state index contributed by atoms with van der Waals surface area (Å²) in [6.07, 6.45) is 3.25. The number of hydrogen-bond acceptors (Lipinski definition) is 6. The summed E-state index contributed by atoms with van der Waals surface area (Å²) in [5.74, 6) is 1.78. The van der Waals surface area contributed by atoms with E-state index in [-0.39, 0.29) is 38.1 Å². The van der Waals surface area contributed by atoms with Crippen molar-refractivity contribution < 1.29 is 19.1 Å². The Labute approximate surface area is 219 Å². The van der Waals surface area contributed by atoms with Crippen molar-refractivity contribution in [2.45, 2.75) is 0 Å². The molecule has 182 valence electrons. The third kappa shape index (κ3) is 6.50. The number of methoxy groups -OCH3 is 2. The molecule has 2 aromatic carbocycles. The topological polar surface area (TPSA) is 102 Å². The Morgan fingerprint density at radius 2 is 1.11 bits per heavy atom. The monoisotopic (exact) mass is 614 g/mol. The normalized spacial score (nSPS) is 10.4. The molecule has 2 amide bonds. The summed E-state index contributed by atoms with van der Waals surface area (Å²) in [4.78, 5) is 34.5. The third-order valence-corrected chi connectivity index (χ3v) is 12.1. The molecule has 0 radical (unpaired) electrons. The number of anilines is 2. The van der Waals surface area contributed by atoms with Crippen LogP contribution in [0.3, 0.4) is 0 Å². The van der Waals surface area contributed by atoms with E-state index in [2.05, 4.69) is 20.6 Å². The number of aromatic nitrogens is 2. The molecular formula is C26H22N4O4Se2. The summed E-state index contributed by atoms with van der Waals surface area (Å²) >= 11 is -0.296.